The highest BCUT2D eigenvalue weighted by atomic mass is 16.5. The van der Waals surface area contributed by atoms with Crippen LogP contribution in [0, 0.1) is 6.92 Å². The van der Waals surface area contributed by atoms with Crippen LogP contribution < -0.4 is 4.74 Å². The number of ether oxygens (including phenoxy) is 1. The number of H-pyrrole nitrogens is 1. The first-order chi connectivity index (χ1) is 16.5. The molecule has 0 saturated carbocycles. The molecule has 3 heterocycles. The Balaban J connectivity index is 1.54. The van der Waals surface area contributed by atoms with Gasteiger partial charge in [-0.15, -0.1) is 0 Å². The highest BCUT2D eigenvalue weighted by Gasteiger charge is 2.37. The van der Waals surface area contributed by atoms with Gasteiger partial charge in [0.2, 0.25) is 5.91 Å². The van der Waals surface area contributed by atoms with Gasteiger partial charge in [0.1, 0.15) is 5.75 Å². The van der Waals surface area contributed by atoms with Gasteiger partial charge in [0.25, 0.3) is 0 Å². The molecule has 3 aromatic rings. The number of likely N-dealkylation sites (tertiary alicyclic amines) is 2. The number of carboxylic acids is 1. The molecule has 0 spiro atoms. The monoisotopic (exact) mass is 461 g/mol. The molecule has 2 aliphatic heterocycles. The molecule has 1 aromatic heterocycles. The zero-order chi connectivity index (χ0) is 23.8. The minimum Gasteiger partial charge on any atom is -0.496 e. The van der Waals surface area contributed by atoms with E-state index in [2.05, 4.69) is 28.9 Å². The van der Waals surface area contributed by atoms with E-state index in [-0.39, 0.29) is 18.0 Å². The molecule has 0 radical (unpaired) electrons. The van der Waals surface area contributed by atoms with Gasteiger partial charge in [0.05, 0.1) is 12.7 Å². The number of nitrogens with zero attached hydrogens (tertiary/aromatic N) is 2. The van der Waals surface area contributed by atoms with Crippen molar-refractivity contribution in [3.8, 4) is 5.75 Å². The molecular formula is C27H31N3O4. The minimum atomic E-state index is -0.920. The van der Waals surface area contributed by atoms with E-state index in [0.717, 1.165) is 65.7 Å². The minimum absolute atomic E-state index is 0.112. The summed E-state index contributed by atoms with van der Waals surface area (Å²) in [6.07, 6.45) is 5.07. The van der Waals surface area contributed by atoms with E-state index in [1.54, 1.807) is 19.2 Å². The molecule has 7 heteroatoms. The first-order valence-electron chi connectivity index (χ1n) is 12.0. The first kappa shape index (κ1) is 22.5. The summed E-state index contributed by atoms with van der Waals surface area (Å²) in [4.78, 5) is 32.3. The Morgan fingerprint density at radius 1 is 1.24 bits per heavy atom. The van der Waals surface area contributed by atoms with E-state index < -0.39 is 5.97 Å². The van der Waals surface area contributed by atoms with Crippen molar-refractivity contribution < 1.29 is 19.4 Å². The number of methoxy groups -OCH3 is 1. The lowest BCUT2D eigenvalue weighted by molar-refractivity contribution is -0.131. The average Bonchev–Trinajstić information content (AvgIpc) is 3.50. The van der Waals surface area contributed by atoms with Crippen molar-refractivity contribution in [3.05, 3.63) is 64.8 Å². The summed E-state index contributed by atoms with van der Waals surface area (Å²) < 4.78 is 5.78. The topological polar surface area (TPSA) is 85.9 Å². The molecule has 0 aliphatic carbocycles. The van der Waals surface area contributed by atoms with Crippen molar-refractivity contribution in [1.82, 2.24) is 14.8 Å². The summed E-state index contributed by atoms with van der Waals surface area (Å²) in [5, 5.41) is 11.0. The number of hydrogen-bond acceptors (Lipinski definition) is 4. The van der Waals surface area contributed by atoms with Crippen LogP contribution in [0.1, 0.15) is 58.8 Å². The van der Waals surface area contributed by atoms with Crippen LogP contribution in [-0.2, 0) is 11.3 Å². The second-order valence-electron chi connectivity index (χ2n) is 9.39. The number of piperidine rings is 1. The third-order valence-corrected chi connectivity index (χ3v) is 7.48. The largest absolute Gasteiger partial charge is 0.496 e. The fraction of sp³-hybridized carbons (Fsp3) is 0.407. The number of aromatic nitrogens is 1. The number of aromatic amines is 1. The zero-order valence-corrected chi connectivity index (χ0v) is 19.7. The molecule has 0 unspecified atom stereocenters. The van der Waals surface area contributed by atoms with E-state index >= 15 is 0 Å². The third kappa shape index (κ3) is 3.94. The molecule has 2 atom stereocenters. The highest BCUT2D eigenvalue weighted by Crippen LogP contribution is 2.39. The zero-order valence-electron chi connectivity index (χ0n) is 19.7. The number of carbonyl (C=O) groups is 2. The van der Waals surface area contributed by atoms with Crippen LogP contribution in [-0.4, -0.2) is 58.0 Å². The van der Waals surface area contributed by atoms with Crippen LogP contribution in [0.2, 0.25) is 0 Å². The Labute approximate surface area is 199 Å². The van der Waals surface area contributed by atoms with Crippen LogP contribution in [0.4, 0.5) is 0 Å². The van der Waals surface area contributed by atoms with Gasteiger partial charge in [0, 0.05) is 60.8 Å². The van der Waals surface area contributed by atoms with Gasteiger partial charge in [-0.05, 0) is 55.5 Å². The molecular weight excluding hydrogens is 430 g/mol. The Hall–Kier alpha value is -3.32. The van der Waals surface area contributed by atoms with Gasteiger partial charge in [-0.1, -0.05) is 18.2 Å². The third-order valence-electron chi connectivity index (χ3n) is 7.48. The van der Waals surface area contributed by atoms with Crippen LogP contribution in [0.5, 0.6) is 5.75 Å². The van der Waals surface area contributed by atoms with Crippen LogP contribution in [0.25, 0.3) is 10.9 Å². The highest BCUT2D eigenvalue weighted by molar-refractivity contribution is 5.90. The van der Waals surface area contributed by atoms with Gasteiger partial charge in [-0.2, -0.15) is 0 Å². The van der Waals surface area contributed by atoms with Gasteiger partial charge >= 0.3 is 5.97 Å². The number of amides is 1. The molecule has 2 aromatic carbocycles. The Kier molecular flexibility index (Phi) is 6.04. The molecule has 2 saturated heterocycles. The maximum atomic E-state index is 12.5. The van der Waals surface area contributed by atoms with E-state index in [0.29, 0.717) is 18.5 Å². The first-order valence-corrected chi connectivity index (χ1v) is 12.0. The van der Waals surface area contributed by atoms with E-state index in [9.17, 15) is 14.7 Å². The van der Waals surface area contributed by atoms with Crippen molar-refractivity contribution in [2.45, 2.75) is 51.2 Å². The molecule has 0 bridgehead atoms. The van der Waals surface area contributed by atoms with Crippen molar-refractivity contribution >= 4 is 22.8 Å². The fourth-order valence-electron chi connectivity index (χ4n) is 5.81. The number of aromatic carboxylic acids is 1. The second kappa shape index (κ2) is 9.14. The van der Waals surface area contributed by atoms with Gasteiger partial charge in [-0.3, -0.25) is 9.69 Å². The molecule has 7 nitrogen and oxygen atoms in total. The summed E-state index contributed by atoms with van der Waals surface area (Å²) in [5.74, 6) is 0.139. The maximum absolute atomic E-state index is 12.5. The lowest BCUT2D eigenvalue weighted by atomic mass is 9.87. The number of rotatable bonds is 6. The quantitative estimate of drug-likeness (QED) is 0.564. The number of carbonyl (C=O) groups excluding carboxylic acids is 1. The number of fused-ring (bicyclic) bond motifs is 1. The fourth-order valence-corrected chi connectivity index (χ4v) is 5.81. The predicted molar refractivity (Wildman–Crippen MR) is 130 cm³/mol. The number of hydrogen-bond donors (Lipinski definition) is 2. The molecule has 1 amide bonds. The number of carboxylic acid groups (broad SMARTS) is 1. The van der Waals surface area contributed by atoms with Gasteiger partial charge in [-0.25, -0.2) is 4.79 Å². The summed E-state index contributed by atoms with van der Waals surface area (Å²) in [6, 6.07) is 11.4. The van der Waals surface area contributed by atoms with E-state index in [1.807, 2.05) is 23.2 Å². The smallest absolute Gasteiger partial charge is 0.336 e. The number of aryl methyl sites for hydroxylation is 1. The standard InChI is InChI=1S/C27H31N3O4/c1-17-14-24(34-2)22(20-9-11-28-26(17)20)16-29-13-10-18(30-12-5-8-25(30)31)15-23(29)19-6-3-4-7-21(19)27(32)33/h3-4,6-7,9,11,14,18,23,28H,5,8,10,12-13,15-16H2,1-2H3,(H,32,33)/t18-,23+/m1/s1. The van der Waals surface area contributed by atoms with Crippen molar-refractivity contribution in [3.63, 3.8) is 0 Å². The van der Waals surface area contributed by atoms with E-state index in [1.165, 1.54) is 0 Å². The Bertz CT molecular complexity index is 1230. The Morgan fingerprint density at radius 2 is 2.06 bits per heavy atom. The van der Waals surface area contributed by atoms with Crippen molar-refractivity contribution in [1.29, 1.82) is 0 Å². The van der Waals surface area contributed by atoms with Gasteiger partial charge < -0.3 is 19.7 Å². The summed E-state index contributed by atoms with van der Waals surface area (Å²) in [6.45, 7) is 4.27. The van der Waals surface area contributed by atoms with Crippen LogP contribution in [0.3, 0.4) is 0 Å². The molecule has 2 aliphatic rings. The van der Waals surface area contributed by atoms with Crippen LogP contribution in [0.15, 0.2) is 42.6 Å². The van der Waals surface area contributed by atoms with Gasteiger partial charge in [0.15, 0.2) is 0 Å². The van der Waals surface area contributed by atoms with Crippen molar-refractivity contribution in [2.24, 2.45) is 0 Å². The number of nitrogens with one attached hydrogen (secondary N) is 1. The number of benzene rings is 2. The Morgan fingerprint density at radius 3 is 2.79 bits per heavy atom. The molecule has 5 rings (SSSR count). The summed E-state index contributed by atoms with van der Waals surface area (Å²) in [7, 11) is 1.69. The molecule has 2 N–H and O–H groups in total. The summed E-state index contributed by atoms with van der Waals surface area (Å²) in [5.41, 5.74) is 4.45. The van der Waals surface area contributed by atoms with Crippen molar-refractivity contribution in [2.75, 3.05) is 20.2 Å². The molecule has 34 heavy (non-hydrogen) atoms. The average molecular weight is 462 g/mol. The van der Waals surface area contributed by atoms with E-state index in [4.69, 9.17) is 4.74 Å². The SMILES string of the molecule is COc1cc(C)c2[nH]ccc2c1CN1CC[C@@H](N2CCCC2=O)C[C@H]1c1ccccc1C(=O)O. The molecule has 178 valence electrons. The second-order valence-corrected chi connectivity index (χ2v) is 9.39. The molecule has 2 fully saturated rings. The lowest BCUT2D eigenvalue weighted by Gasteiger charge is -2.43. The lowest BCUT2D eigenvalue weighted by Crippen LogP contribution is -2.46. The maximum Gasteiger partial charge on any atom is 0.336 e. The predicted octanol–water partition coefficient (Wildman–Crippen LogP) is 4.51. The van der Waals surface area contributed by atoms with Crippen LogP contribution >= 0.6 is 0 Å². The summed E-state index contributed by atoms with van der Waals surface area (Å²) >= 11 is 0. The normalized spacial score (nSPS) is 21.4.